The molecule has 0 spiro atoms. The van der Waals surface area contributed by atoms with Crippen LogP contribution in [-0.2, 0) is 9.59 Å². The Morgan fingerprint density at radius 1 is 1.08 bits per heavy atom. The fourth-order valence-electron chi connectivity index (χ4n) is 3.22. The van der Waals surface area contributed by atoms with Crippen molar-refractivity contribution in [2.75, 3.05) is 22.1 Å². The lowest BCUT2D eigenvalue weighted by atomic mass is 10.1. The van der Waals surface area contributed by atoms with Crippen LogP contribution in [0.1, 0.15) is 30.9 Å². The second-order valence-electron chi connectivity index (χ2n) is 6.82. The molecule has 0 aromatic heterocycles. The molecule has 1 unspecified atom stereocenters. The number of carbonyl (C=O) groups is 2. The minimum absolute atomic E-state index is 0.0822. The summed E-state index contributed by atoms with van der Waals surface area (Å²) in [5.74, 6) is 0.0910. The highest BCUT2D eigenvalue weighted by molar-refractivity contribution is 5.98. The van der Waals surface area contributed by atoms with E-state index in [0.717, 1.165) is 41.2 Å². The first-order valence-electron chi connectivity index (χ1n) is 9.00. The Labute approximate surface area is 154 Å². The highest BCUT2D eigenvalue weighted by Crippen LogP contribution is 2.24. The van der Waals surface area contributed by atoms with Crippen molar-refractivity contribution in [2.24, 2.45) is 0 Å². The van der Waals surface area contributed by atoms with Gasteiger partial charge in [-0.25, -0.2) is 0 Å². The van der Waals surface area contributed by atoms with Gasteiger partial charge >= 0.3 is 0 Å². The zero-order valence-electron chi connectivity index (χ0n) is 15.5. The number of hydrogen-bond donors (Lipinski definition) is 2. The number of hydrogen-bond acceptors (Lipinski definition) is 3. The Hall–Kier alpha value is -2.82. The fraction of sp³-hybridized carbons (Fsp3) is 0.333. The summed E-state index contributed by atoms with van der Waals surface area (Å²) in [6, 6.07) is 13.2. The first-order valence-corrected chi connectivity index (χ1v) is 9.00. The molecule has 5 heteroatoms. The van der Waals surface area contributed by atoms with Gasteiger partial charge in [0.1, 0.15) is 6.04 Å². The lowest BCUT2D eigenvalue weighted by Crippen LogP contribution is -2.32. The van der Waals surface area contributed by atoms with E-state index in [4.69, 9.17) is 0 Å². The number of carbonyl (C=O) groups excluding carboxylic acids is 2. The molecule has 0 aliphatic carbocycles. The third kappa shape index (κ3) is 3.87. The van der Waals surface area contributed by atoms with Crippen LogP contribution in [0.5, 0.6) is 0 Å². The predicted octanol–water partition coefficient (Wildman–Crippen LogP) is 3.87. The number of benzene rings is 2. The minimum Gasteiger partial charge on any atom is -0.374 e. The number of rotatable bonds is 5. The van der Waals surface area contributed by atoms with Gasteiger partial charge in [-0.3, -0.25) is 9.59 Å². The SMILES string of the molecule is Cc1cccc(C)c1NC(=O)C(C)Nc1ccc(N2CCCC2=O)cc1. The first-order chi connectivity index (χ1) is 12.5. The molecule has 2 amide bonds. The quantitative estimate of drug-likeness (QED) is 0.860. The van der Waals surface area contributed by atoms with Crippen LogP contribution in [0.4, 0.5) is 17.1 Å². The van der Waals surface area contributed by atoms with Crippen molar-refractivity contribution in [3.63, 3.8) is 0 Å². The fourth-order valence-corrected chi connectivity index (χ4v) is 3.22. The molecular weight excluding hydrogens is 326 g/mol. The Morgan fingerprint density at radius 2 is 1.73 bits per heavy atom. The summed E-state index contributed by atoms with van der Waals surface area (Å²) in [7, 11) is 0. The molecule has 1 heterocycles. The van der Waals surface area contributed by atoms with Gasteiger partial charge in [0.05, 0.1) is 0 Å². The minimum atomic E-state index is -0.381. The van der Waals surface area contributed by atoms with Crippen molar-refractivity contribution >= 4 is 28.9 Å². The van der Waals surface area contributed by atoms with Gasteiger partial charge in [-0.05, 0) is 62.6 Å². The third-order valence-corrected chi connectivity index (χ3v) is 4.76. The Morgan fingerprint density at radius 3 is 2.31 bits per heavy atom. The molecule has 26 heavy (non-hydrogen) atoms. The molecule has 0 radical (unpaired) electrons. The molecule has 0 saturated carbocycles. The van der Waals surface area contributed by atoms with Gasteiger partial charge < -0.3 is 15.5 Å². The topological polar surface area (TPSA) is 61.4 Å². The van der Waals surface area contributed by atoms with Crippen LogP contribution in [0, 0.1) is 13.8 Å². The lowest BCUT2D eigenvalue weighted by molar-refractivity contribution is -0.117. The highest BCUT2D eigenvalue weighted by atomic mass is 16.2. The molecule has 0 bridgehead atoms. The van der Waals surface area contributed by atoms with E-state index in [1.54, 1.807) is 4.90 Å². The van der Waals surface area contributed by atoms with Crippen molar-refractivity contribution in [3.05, 3.63) is 53.6 Å². The summed E-state index contributed by atoms with van der Waals surface area (Å²) in [5.41, 5.74) is 4.72. The van der Waals surface area contributed by atoms with E-state index in [-0.39, 0.29) is 17.9 Å². The van der Waals surface area contributed by atoms with Crippen LogP contribution in [0.2, 0.25) is 0 Å². The smallest absolute Gasteiger partial charge is 0.246 e. The van der Waals surface area contributed by atoms with E-state index < -0.39 is 0 Å². The summed E-state index contributed by atoms with van der Waals surface area (Å²) in [6.45, 7) is 6.58. The summed E-state index contributed by atoms with van der Waals surface area (Å²) < 4.78 is 0. The lowest BCUT2D eigenvalue weighted by Gasteiger charge is -2.19. The Kier molecular flexibility index (Phi) is 5.26. The number of aryl methyl sites for hydroxylation is 2. The van der Waals surface area contributed by atoms with E-state index in [2.05, 4.69) is 10.6 Å². The number of nitrogens with zero attached hydrogens (tertiary/aromatic N) is 1. The van der Waals surface area contributed by atoms with Crippen molar-refractivity contribution in [1.82, 2.24) is 0 Å². The monoisotopic (exact) mass is 351 g/mol. The molecule has 1 saturated heterocycles. The summed E-state index contributed by atoms with van der Waals surface area (Å²) in [6.07, 6.45) is 1.53. The van der Waals surface area contributed by atoms with Crippen LogP contribution in [-0.4, -0.2) is 24.4 Å². The average Bonchev–Trinajstić information content (AvgIpc) is 3.05. The maximum atomic E-state index is 12.5. The second kappa shape index (κ2) is 7.60. The van der Waals surface area contributed by atoms with Crippen molar-refractivity contribution < 1.29 is 9.59 Å². The maximum Gasteiger partial charge on any atom is 0.246 e. The average molecular weight is 351 g/mol. The normalized spacial score (nSPS) is 15.0. The number of nitrogens with one attached hydrogen (secondary N) is 2. The molecule has 2 aromatic rings. The summed E-state index contributed by atoms with van der Waals surface area (Å²) in [4.78, 5) is 26.1. The Bertz CT molecular complexity index is 794. The molecule has 1 atom stereocenters. The van der Waals surface area contributed by atoms with Gasteiger partial charge in [0, 0.05) is 30.0 Å². The highest BCUT2D eigenvalue weighted by Gasteiger charge is 2.21. The molecule has 136 valence electrons. The van der Waals surface area contributed by atoms with Crippen molar-refractivity contribution in [2.45, 2.75) is 39.7 Å². The molecule has 1 aliphatic rings. The van der Waals surface area contributed by atoms with E-state index in [1.807, 2.05) is 63.2 Å². The summed E-state index contributed by atoms with van der Waals surface area (Å²) in [5, 5.41) is 6.22. The molecule has 5 nitrogen and oxygen atoms in total. The van der Waals surface area contributed by atoms with E-state index >= 15 is 0 Å². The van der Waals surface area contributed by atoms with Crippen LogP contribution < -0.4 is 15.5 Å². The second-order valence-corrected chi connectivity index (χ2v) is 6.82. The molecule has 2 N–H and O–H groups in total. The van der Waals surface area contributed by atoms with E-state index in [9.17, 15) is 9.59 Å². The van der Waals surface area contributed by atoms with Crippen molar-refractivity contribution in [3.8, 4) is 0 Å². The van der Waals surface area contributed by atoms with Gasteiger partial charge in [0.15, 0.2) is 0 Å². The van der Waals surface area contributed by atoms with Crippen LogP contribution >= 0.6 is 0 Å². The molecule has 1 aliphatic heterocycles. The van der Waals surface area contributed by atoms with E-state index in [1.165, 1.54) is 0 Å². The molecular formula is C21H25N3O2. The van der Waals surface area contributed by atoms with E-state index in [0.29, 0.717) is 6.42 Å². The third-order valence-electron chi connectivity index (χ3n) is 4.76. The summed E-state index contributed by atoms with van der Waals surface area (Å²) >= 11 is 0. The van der Waals surface area contributed by atoms with Crippen LogP contribution in [0.15, 0.2) is 42.5 Å². The Balaban J connectivity index is 1.63. The largest absolute Gasteiger partial charge is 0.374 e. The van der Waals surface area contributed by atoms with Crippen LogP contribution in [0.3, 0.4) is 0 Å². The van der Waals surface area contributed by atoms with Gasteiger partial charge in [-0.2, -0.15) is 0 Å². The van der Waals surface area contributed by atoms with Gasteiger partial charge in [0.2, 0.25) is 11.8 Å². The zero-order chi connectivity index (χ0) is 18.7. The molecule has 1 fully saturated rings. The van der Waals surface area contributed by atoms with Crippen molar-refractivity contribution in [1.29, 1.82) is 0 Å². The molecule has 2 aromatic carbocycles. The predicted molar refractivity (Wildman–Crippen MR) is 106 cm³/mol. The number of anilines is 3. The maximum absolute atomic E-state index is 12.5. The number of para-hydroxylation sites is 1. The zero-order valence-corrected chi connectivity index (χ0v) is 15.5. The van der Waals surface area contributed by atoms with Gasteiger partial charge in [-0.15, -0.1) is 0 Å². The molecule has 3 rings (SSSR count). The number of amides is 2. The van der Waals surface area contributed by atoms with Gasteiger partial charge in [-0.1, -0.05) is 18.2 Å². The van der Waals surface area contributed by atoms with Gasteiger partial charge in [0.25, 0.3) is 0 Å². The standard InChI is InChI=1S/C21H25N3O2/c1-14-6-4-7-15(2)20(14)23-21(26)16(3)22-17-9-11-18(12-10-17)24-13-5-8-19(24)25/h4,6-7,9-12,16,22H,5,8,13H2,1-3H3,(H,23,26). The van der Waals surface area contributed by atoms with Crippen LogP contribution in [0.25, 0.3) is 0 Å². The first kappa shape index (κ1) is 18.0.